The molecule has 2 aliphatic carbocycles. The fraction of sp³-hybridized carbons (Fsp3) is 1.00. The van der Waals surface area contributed by atoms with Crippen LogP contribution in [0, 0.1) is 5.92 Å². The lowest BCUT2D eigenvalue weighted by molar-refractivity contribution is -0.0649. The van der Waals surface area contributed by atoms with Gasteiger partial charge in [0.2, 0.25) is 0 Å². The predicted molar refractivity (Wildman–Crippen MR) is 65.4 cm³/mol. The maximum Gasteiger partial charge on any atom is 0.0580 e. The summed E-state index contributed by atoms with van der Waals surface area (Å²) in [6, 6.07) is 0. The van der Waals surface area contributed by atoms with Crippen LogP contribution in [0.2, 0.25) is 0 Å². The molecule has 2 fully saturated rings. The molecular formula is C14H26O2. The minimum absolute atomic E-state index is 0.0596. The van der Waals surface area contributed by atoms with Crippen molar-refractivity contribution in [2.75, 3.05) is 0 Å². The van der Waals surface area contributed by atoms with E-state index in [2.05, 4.69) is 6.92 Å². The van der Waals surface area contributed by atoms with Crippen molar-refractivity contribution in [2.45, 2.75) is 83.0 Å². The first-order valence-electron chi connectivity index (χ1n) is 7.11. The Kier molecular flexibility index (Phi) is 4.66. The second-order valence-electron chi connectivity index (χ2n) is 5.62. The van der Waals surface area contributed by atoms with E-state index in [9.17, 15) is 5.11 Å². The second kappa shape index (κ2) is 6.02. The van der Waals surface area contributed by atoms with Gasteiger partial charge in [-0.25, -0.2) is 0 Å². The molecule has 0 amide bonds. The Hall–Kier alpha value is -0.0800. The molecule has 0 aromatic rings. The smallest absolute Gasteiger partial charge is 0.0580 e. The van der Waals surface area contributed by atoms with Crippen molar-refractivity contribution in [3.05, 3.63) is 0 Å². The van der Waals surface area contributed by atoms with E-state index in [1.165, 1.54) is 32.1 Å². The first kappa shape index (κ1) is 12.4. The van der Waals surface area contributed by atoms with E-state index in [1.54, 1.807) is 0 Å². The van der Waals surface area contributed by atoms with Crippen LogP contribution in [0.25, 0.3) is 0 Å². The Bertz CT molecular complexity index is 189. The van der Waals surface area contributed by atoms with Crippen LogP contribution in [0.5, 0.6) is 0 Å². The average Bonchev–Trinajstić information content (AvgIpc) is 2.33. The Morgan fingerprint density at radius 3 is 1.88 bits per heavy atom. The summed E-state index contributed by atoms with van der Waals surface area (Å²) < 4.78 is 6.16. The molecule has 0 aromatic carbocycles. The summed E-state index contributed by atoms with van der Waals surface area (Å²) in [5.41, 5.74) is 0. The van der Waals surface area contributed by atoms with E-state index in [1.807, 2.05) is 0 Å². The van der Waals surface area contributed by atoms with Crippen LogP contribution >= 0.6 is 0 Å². The Morgan fingerprint density at radius 2 is 1.38 bits per heavy atom. The average molecular weight is 226 g/mol. The van der Waals surface area contributed by atoms with Gasteiger partial charge in [0.15, 0.2) is 0 Å². The molecule has 2 saturated carbocycles. The minimum atomic E-state index is -0.0596. The summed E-state index contributed by atoms with van der Waals surface area (Å²) >= 11 is 0. The van der Waals surface area contributed by atoms with Gasteiger partial charge in [0, 0.05) is 0 Å². The molecule has 2 heteroatoms. The van der Waals surface area contributed by atoms with Gasteiger partial charge in [-0.1, -0.05) is 13.3 Å². The molecule has 94 valence electrons. The summed E-state index contributed by atoms with van der Waals surface area (Å²) in [6.45, 7) is 2.30. The van der Waals surface area contributed by atoms with Crippen molar-refractivity contribution >= 4 is 0 Å². The molecule has 0 saturated heterocycles. The molecule has 2 aliphatic rings. The van der Waals surface area contributed by atoms with Crippen LogP contribution in [-0.2, 0) is 4.74 Å². The molecule has 0 aliphatic heterocycles. The Labute approximate surface area is 99.4 Å². The maximum absolute atomic E-state index is 9.44. The van der Waals surface area contributed by atoms with Crippen molar-refractivity contribution in [3.63, 3.8) is 0 Å². The van der Waals surface area contributed by atoms with Crippen LogP contribution < -0.4 is 0 Å². The topological polar surface area (TPSA) is 29.5 Å². The molecule has 0 bridgehead atoms. The number of aliphatic hydroxyl groups is 1. The van der Waals surface area contributed by atoms with Gasteiger partial charge in [0.1, 0.15) is 0 Å². The van der Waals surface area contributed by atoms with Gasteiger partial charge in [-0.05, 0) is 57.3 Å². The van der Waals surface area contributed by atoms with Gasteiger partial charge in [-0.3, -0.25) is 0 Å². The third kappa shape index (κ3) is 3.46. The first-order chi connectivity index (χ1) is 7.78. The van der Waals surface area contributed by atoms with E-state index in [0.29, 0.717) is 12.2 Å². The largest absolute Gasteiger partial charge is 0.393 e. The Morgan fingerprint density at radius 1 is 0.875 bits per heavy atom. The highest BCUT2D eigenvalue weighted by Crippen LogP contribution is 2.31. The quantitative estimate of drug-likeness (QED) is 0.800. The summed E-state index contributed by atoms with van der Waals surface area (Å²) in [6.07, 6.45) is 11.5. The standard InChI is InChI=1S/C14H26O2/c1-2-11-3-7-13(8-4-11)16-14-9-5-12(15)6-10-14/h11-15H,2-10H2,1H3. The van der Waals surface area contributed by atoms with E-state index < -0.39 is 0 Å². The zero-order valence-electron chi connectivity index (χ0n) is 10.5. The molecule has 0 radical (unpaired) electrons. The summed E-state index contributed by atoms with van der Waals surface area (Å²) in [5.74, 6) is 0.952. The maximum atomic E-state index is 9.44. The fourth-order valence-electron chi connectivity index (χ4n) is 3.13. The zero-order chi connectivity index (χ0) is 11.4. The molecule has 0 aromatic heterocycles. The molecule has 0 unspecified atom stereocenters. The van der Waals surface area contributed by atoms with Gasteiger partial charge in [-0.15, -0.1) is 0 Å². The van der Waals surface area contributed by atoms with E-state index >= 15 is 0 Å². The van der Waals surface area contributed by atoms with Gasteiger partial charge in [0.05, 0.1) is 18.3 Å². The van der Waals surface area contributed by atoms with Crippen LogP contribution in [0.1, 0.15) is 64.7 Å². The highest BCUT2D eigenvalue weighted by atomic mass is 16.5. The van der Waals surface area contributed by atoms with E-state index in [4.69, 9.17) is 4.74 Å². The monoisotopic (exact) mass is 226 g/mol. The number of rotatable bonds is 3. The summed E-state index contributed by atoms with van der Waals surface area (Å²) in [5, 5.41) is 9.44. The molecule has 2 rings (SSSR count). The number of ether oxygens (including phenoxy) is 1. The van der Waals surface area contributed by atoms with Gasteiger partial charge in [-0.2, -0.15) is 0 Å². The Balaban J connectivity index is 1.66. The van der Waals surface area contributed by atoms with Crippen LogP contribution in [0.4, 0.5) is 0 Å². The van der Waals surface area contributed by atoms with Crippen molar-refractivity contribution < 1.29 is 9.84 Å². The molecule has 0 atom stereocenters. The SMILES string of the molecule is CCC1CCC(OC2CCC(O)CC2)CC1. The highest BCUT2D eigenvalue weighted by molar-refractivity contribution is 4.76. The van der Waals surface area contributed by atoms with Crippen molar-refractivity contribution in [1.29, 1.82) is 0 Å². The molecule has 0 spiro atoms. The first-order valence-corrected chi connectivity index (χ1v) is 7.11. The van der Waals surface area contributed by atoms with Crippen LogP contribution in [-0.4, -0.2) is 23.4 Å². The predicted octanol–water partition coefficient (Wildman–Crippen LogP) is 3.28. The molecule has 1 N–H and O–H groups in total. The van der Waals surface area contributed by atoms with Crippen molar-refractivity contribution in [1.82, 2.24) is 0 Å². The summed E-state index contributed by atoms with van der Waals surface area (Å²) in [7, 11) is 0. The third-order valence-electron chi connectivity index (χ3n) is 4.40. The van der Waals surface area contributed by atoms with Gasteiger partial charge < -0.3 is 9.84 Å². The van der Waals surface area contributed by atoms with Gasteiger partial charge >= 0.3 is 0 Å². The number of hydrogen-bond donors (Lipinski definition) is 1. The fourth-order valence-corrected chi connectivity index (χ4v) is 3.13. The lowest BCUT2D eigenvalue weighted by Crippen LogP contribution is -2.30. The molecule has 16 heavy (non-hydrogen) atoms. The third-order valence-corrected chi connectivity index (χ3v) is 4.40. The summed E-state index contributed by atoms with van der Waals surface area (Å²) in [4.78, 5) is 0. The minimum Gasteiger partial charge on any atom is -0.393 e. The van der Waals surface area contributed by atoms with E-state index in [0.717, 1.165) is 31.6 Å². The molecular weight excluding hydrogens is 200 g/mol. The van der Waals surface area contributed by atoms with Crippen molar-refractivity contribution in [2.24, 2.45) is 5.92 Å². The molecule has 0 heterocycles. The number of hydrogen-bond acceptors (Lipinski definition) is 2. The van der Waals surface area contributed by atoms with Crippen LogP contribution in [0.3, 0.4) is 0 Å². The van der Waals surface area contributed by atoms with Crippen LogP contribution in [0.15, 0.2) is 0 Å². The lowest BCUT2D eigenvalue weighted by Gasteiger charge is -2.33. The number of aliphatic hydroxyl groups excluding tert-OH is 1. The molecule has 2 nitrogen and oxygen atoms in total. The van der Waals surface area contributed by atoms with Gasteiger partial charge in [0.25, 0.3) is 0 Å². The normalized spacial score (nSPS) is 40.9. The highest BCUT2D eigenvalue weighted by Gasteiger charge is 2.26. The zero-order valence-corrected chi connectivity index (χ0v) is 10.5. The van der Waals surface area contributed by atoms with E-state index in [-0.39, 0.29) is 6.10 Å². The second-order valence-corrected chi connectivity index (χ2v) is 5.62. The van der Waals surface area contributed by atoms with Crippen molar-refractivity contribution in [3.8, 4) is 0 Å². The lowest BCUT2D eigenvalue weighted by atomic mass is 9.85.